The second kappa shape index (κ2) is 4.89. The standard InChI is InChI=1S/C3H4N2O2.C3H5NO/c6-2-1-4-3(7)5-2;1-2-3(4)5/h1H2,(H2,4,5,6,7);2H,1H2,(H2,4,5). The number of hydrogen-bond donors (Lipinski definition) is 3. The molecule has 1 aliphatic rings. The van der Waals surface area contributed by atoms with Gasteiger partial charge in [-0.3, -0.25) is 14.9 Å². The van der Waals surface area contributed by atoms with E-state index in [0.29, 0.717) is 0 Å². The lowest BCUT2D eigenvalue weighted by Crippen LogP contribution is -2.22. The summed E-state index contributed by atoms with van der Waals surface area (Å²) < 4.78 is 0. The molecule has 0 unspecified atom stereocenters. The van der Waals surface area contributed by atoms with Crippen molar-refractivity contribution in [3.8, 4) is 0 Å². The number of nitrogens with two attached hydrogens (primary N) is 1. The van der Waals surface area contributed by atoms with Gasteiger partial charge in [-0.15, -0.1) is 0 Å². The molecular weight excluding hydrogens is 162 g/mol. The summed E-state index contributed by atoms with van der Waals surface area (Å²) in [6.07, 6.45) is 1.06. The third kappa shape index (κ3) is 4.98. The first-order valence-electron chi connectivity index (χ1n) is 3.06. The van der Waals surface area contributed by atoms with Crippen molar-refractivity contribution in [1.29, 1.82) is 0 Å². The maximum absolute atomic E-state index is 10.1. The van der Waals surface area contributed by atoms with Gasteiger partial charge in [-0.2, -0.15) is 0 Å². The summed E-state index contributed by atoms with van der Waals surface area (Å²) in [7, 11) is 0. The Hall–Kier alpha value is -1.85. The van der Waals surface area contributed by atoms with Crippen molar-refractivity contribution in [2.45, 2.75) is 0 Å². The molecule has 1 heterocycles. The van der Waals surface area contributed by atoms with E-state index in [2.05, 4.69) is 17.6 Å². The lowest BCUT2D eigenvalue weighted by Gasteiger charge is -1.78. The van der Waals surface area contributed by atoms with E-state index in [4.69, 9.17) is 0 Å². The molecule has 4 N–H and O–H groups in total. The summed E-state index contributed by atoms with van der Waals surface area (Å²) >= 11 is 0. The highest BCUT2D eigenvalue weighted by Gasteiger charge is 2.14. The van der Waals surface area contributed by atoms with Gasteiger partial charge >= 0.3 is 6.03 Å². The highest BCUT2D eigenvalue weighted by atomic mass is 16.2. The number of carbonyl (C=O) groups excluding carboxylic acids is 3. The fraction of sp³-hybridized carbons (Fsp3) is 0.167. The van der Waals surface area contributed by atoms with Crippen LogP contribution in [0.4, 0.5) is 4.79 Å². The van der Waals surface area contributed by atoms with Crippen LogP contribution in [-0.4, -0.2) is 24.4 Å². The fourth-order valence-corrected chi connectivity index (χ4v) is 0.376. The molecule has 0 aliphatic carbocycles. The van der Waals surface area contributed by atoms with Crippen molar-refractivity contribution >= 4 is 17.8 Å². The van der Waals surface area contributed by atoms with Crippen molar-refractivity contribution < 1.29 is 14.4 Å². The van der Waals surface area contributed by atoms with E-state index < -0.39 is 11.9 Å². The Labute approximate surface area is 68.8 Å². The summed E-state index contributed by atoms with van der Waals surface area (Å²) in [5.74, 6) is -0.741. The van der Waals surface area contributed by atoms with E-state index >= 15 is 0 Å². The third-order valence-corrected chi connectivity index (χ3v) is 0.864. The second-order valence-electron chi connectivity index (χ2n) is 1.84. The molecule has 4 amide bonds. The Morgan fingerprint density at radius 3 is 2.17 bits per heavy atom. The predicted octanol–water partition coefficient (Wildman–Crippen LogP) is -1.52. The van der Waals surface area contributed by atoms with Crippen LogP contribution in [0.2, 0.25) is 0 Å². The molecule has 0 aromatic rings. The largest absolute Gasteiger partial charge is 0.366 e. The maximum atomic E-state index is 10.1. The average Bonchev–Trinajstić information content (AvgIpc) is 2.36. The number of carbonyl (C=O) groups is 3. The number of imide groups is 1. The van der Waals surface area contributed by atoms with Crippen molar-refractivity contribution in [2.75, 3.05) is 6.54 Å². The minimum absolute atomic E-state index is 0.124. The summed E-state index contributed by atoms with van der Waals surface area (Å²) in [6, 6.07) is -0.398. The number of urea groups is 1. The molecule has 12 heavy (non-hydrogen) atoms. The van der Waals surface area contributed by atoms with E-state index in [1.807, 2.05) is 5.32 Å². The highest BCUT2D eigenvalue weighted by Crippen LogP contribution is 1.73. The normalized spacial score (nSPS) is 13.7. The number of amides is 4. The Morgan fingerprint density at radius 1 is 1.58 bits per heavy atom. The first-order chi connectivity index (χ1) is 5.56. The molecule has 1 rings (SSSR count). The van der Waals surface area contributed by atoms with E-state index in [-0.39, 0.29) is 12.5 Å². The van der Waals surface area contributed by atoms with Crippen molar-refractivity contribution in [2.24, 2.45) is 5.73 Å². The molecule has 0 atom stereocenters. The quantitative estimate of drug-likeness (QED) is 0.330. The van der Waals surface area contributed by atoms with Gasteiger partial charge in [-0.1, -0.05) is 6.58 Å². The highest BCUT2D eigenvalue weighted by molar-refractivity contribution is 6.01. The van der Waals surface area contributed by atoms with Gasteiger partial charge < -0.3 is 11.1 Å². The number of nitrogens with one attached hydrogen (secondary N) is 2. The van der Waals surface area contributed by atoms with Gasteiger partial charge in [-0.05, 0) is 6.08 Å². The third-order valence-electron chi connectivity index (χ3n) is 0.864. The Bertz CT molecular complexity index is 210. The van der Waals surface area contributed by atoms with Crippen LogP contribution in [0.25, 0.3) is 0 Å². The summed E-state index contributed by atoms with van der Waals surface area (Å²) in [6.45, 7) is 3.21. The smallest absolute Gasteiger partial charge is 0.321 e. The van der Waals surface area contributed by atoms with Gasteiger partial charge in [0.15, 0.2) is 0 Å². The van der Waals surface area contributed by atoms with Crippen LogP contribution in [0.1, 0.15) is 0 Å². The number of rotatable bonds is 1. The van der Waals surface area contributed by atoms with Crippen LogP contribution >= 0.6 is 0 Å². The maximum Gasteiger partial charge on any atom is 0.321 e. The van der Waals surface area contributed by atoms with Crippen molar-refractivity contribution in [3.63, 3.8) is 0 Å². The van der Waals surface area contributed by atoms with E-state index in [1.54, 1.807) is 0 Å². The molecule has 1 saturated heterocycles. The van der Waals surface area contributed by atoms with Gasteiger partial charge in [0.2, 0.25) is 11.8 Å². The summed E-state index contributed by atoms with van der Waals surface area (Å²) in [5, 5.41) is 4.30. The van der Waals surface area contributed by atoms with Crippen LogP contribution in [0.3, 0.4) is 0 Å². The van der Waals surface area contributed by atoms with Gasteiger partial charge in [0, 0.05) is 0 Å². The fourth-order valence-electron chi connectivity index (χ4n) is 0.376. The Balaban J connectivity index is 0.000000217. The van der Waals surface area contributed by atoms with Gasteiger partial charge in [0.1, 0.15) is 0 Å². The molecular formula is C6H9N3O3. The van der Waals surface area contributed by atoms with Crippen LogP contribution in [0.5, 0.6) is 0 Å². The van der Waals surface area contributed by atoms with E-state index in [1.165, 1.54) is 0 Å². The molecule has 6 nitrogen and oxygen atoms in total. The van der Waals surface area contributed by atoms with Gasteiger partial charge in [0.25, 0.3) is 0 Å². The molecule has 1 fully saturated rings. The second-order valence-corrected chi connectivity index (χ2v) is 1.84. The van der Waals surface area contributed by atoms with E-state index in [9.17, 15) is 14.4 Å². The first-order valence-corrected chi connectivity index (χ1v) is 3.06. The molecule has 0 spiro atoms. The molecule has 1 aliphatic heterocycles. The number of primary amides is 1. The molecule has 0 saturated carbocycles. The average molecular weight is 171 g/mol. The molecule has 66 valence electrons. The van der Waals surface area contributed by atoms with Crippen LogP contribution in [0.15, 0.2) is 12.7 Å². The topological polar surface area (TPSA) is 101 Å². The molecule has 0 bridgehead atoms. The molecule has 6 heteroatoms. The zero-order valence-electron chi connectivity index (χ0n) is 6.29. The predicted molar refractivity (Wildman–Crippen MR) is 40.9 cm³/mol. The molecule has 0 aromatic heterocycles. The van der Waals surface area contributed by atoms with Crippen molar-refractivity contribution in [3.05, 3.63) is 12.7 Å². The first kappa shape index (κ1) is 10.2. The molecule has 0 radical (unpaired) electrons. The van der Waals surface area contributed by atoms with Crippen LogP contribution in [-0.2, 0) is 9.59 Å². The Morgan fingerprint density at radius 2 is 2.08 bits per heavy atom. The van der Waals surface area contributed by atoms with Gasteiger partial charge in [0.05, 0.1) is 6.54 Å². The van der Waals surface area contributed by atoms with E-state index in [0.717, 1.165) is 6.08 Å². The zero-order chi connectivity index (χ0) is 9.56. The number of hydrogen-bond acceptors (Lipinski definition) is 3. The monoisotopic (exact) mass is 171 g/mol. The molecule has 0 aromatic carbocycles. The lowest BCUT2D eigenvalue weighted by molar-refractivity contribution is -0.117. The SMILES string of the molecule is C=CC(N)=O.O=C1CNC(=O)N1. The van der Waals surface area contributed by atoms with Crippen LogP contribution in [0, 0.1) is 0 Å². The summed E-state index contributed by atoms with van der Waals surface area (Å²) in [5.41, 5.74) is 4.53. The lowest BCUT2D eigenvalue weighted by atomic mass is 10.6. The summed E-state index contributed by atoms with van der Waals surface area (Å²) in [4.78, 5) is 29.5. The van der Waals surface area contributed by atoms with Crippen molar-refractivity contribution in [1.82, 2.24) is 10.6 Å². The minimum atomic E-state index is -0.481. The minimum Gasteiger partial charge on any atom is -0.366 e. The Kier molecular flexibility index (Phi) is 4.13. The zero-order valence-corrected chi connectivity index (χ0v) is 6.29. The van der Waals surface area contributed by atoms with Gasteiger partial charge in [-0.25, -0.2) is 4.79 Å². The van der Waals surface area contributed by atoms with Crippen LogP contribution < -0.4 is 16.4 Å².